The fourth-order valence-electron chi connectivity index (χ4n) is 2.77. The van der Waals surface area contributed by atoms with Crippen molar-refractivity contribution in [3.8, 4) is 5.75 Å². The second-order valence-corrected chi connectivity index (χ2v) is 5.50. The molecular weight excluding hydrogens is 304 g/mol. The summed E-state index contributed by atoms with van der Waals surface area (Å²) in [5.41, 5.74) is 0.628. The van der Waals surface area contributed by atoms with Gasteiger partial charge in [0.15, 0.2) is 0 Å². The topological polar surface area (TPSA) is 59.6 Å². The third-order valence-corrected chi connectivity index (χ3v) is 4.05. The second kappa shape index (κ2) is 8.98. The highest BCUT2D eigenvalue weighted by molar-refractivity contribution is 5.85. The molecule has 0 spiro atoms. The van der Waals surface area contributed by atoms with Gasteiger partial charge in [-0.1, -0.05) is 12.1 Å². The average Bonchev–Trinajstić information content (AvgIpc) is 2.54. The molecule has 0 unspecified atom stereocenters. The maximum absolute atomic E-state index is 12.6. The first-order valence-corrected chi connectivity index (χ1v) is 7.31. The van der Waals surface area contributed by atoms with E-state index in [1.807, 2.05) is 24.3 Å². The zero-order chi connectivity index (χ0) is 15.1. The fourth-order valence-corrected chi connectivity index (χ4v) is 2.77. The van der Waals surface area contributed by atoms with Gasteiger partial charge in [-0.2, -0.15) is 0 Å². The number of halogens is 1. The Labute approximate surface area is 138 Å². The van der Waals surface area contributed by atoms with Crippen LogP contribution in [0.5, 0.6) is 5.75 Å². The van der Waals surface area contributed by atoms with E-state index in [1.165, 1.54) is 0 Å². The van der Waals surface area contributed by atoms with Crippen LogP contribution in [0.25, 0.3) is 0 Å². The number of nitrogens with one attached hydrogen (secondary N) is 2. The van der Waals surface area contributed by atoms with Crippen molar-refractivity contribution in [2.24, 2.45) is 5.41 Å². The average molecular weight is 329 g/mol. The van der Waals surface area contributed by atoms with Gasteiger partial charge in [-0.15, -0.1) is 12.4 Å². The van der Waals surface area contributed by atoms with Crippen LogP contribution < -0.4 is 15.4 Å². The highest BCUT2D eigenvalue weighted by Crippen LogP contribution is 2.29. The summed E-state index contributed by atoms with van der Waals surface area (Å²) in [7, 11) is 3.29. The predicted octanol–water partition coefficient (Wildman–Crippen LogP) is 1.75. The van der Waals surface area contributed by atoms with Gasteiger partial charge in [-0.05, 0) is 43.6 Å². The zero-order valence-electron chi connectivity index (χ0n) is 13.2. The largest absolute Gasteiger partial charge is 0.497 e. The molecule has 2 rings (SSSR count). The Morgan fingerprint density at radius 2 is 2.05 bits per heavy atom. The Morgan fingerprint density at radius 3 is 2.68 bits per heavy atom. The first-order chi connectivity index (χ1) is 10.2. The number of rotatable bonds is 6. The summed E-state index contributed by atoms with van der Waals surface area (Å²) in [5, 5.41) is 6.33. The number of piperidine rings is 1. The number of carbonyl (C=O) groups is 1. The Balaban J connectivity index is 0.00000242. The van der Waals surface area contributed by atoms with Gasteiger partial charge in [0.1, 0.15) is 5.75 Å². The van der Waals surface area contributed by atoms with Gasteiger partial charge in [0.2, 0.25) is 5.91 Å². The van der Waals surface area contributed by atoms with E-state index < -0.39 is 5.41 Å². The molecule has 124 valence electrons. The van der Waals surface area contributed by atoms with Gasteiger partial charge in [-0.3, -0.25) is 4.79 Å². The summed E-state index contributed by atoms with van der Waals surface area (Å²) in [6, 6.07) is 7.74. The van der Waals surface area contributed by atoms with Crippen molar-refractivity contribution < 1.29 is 14.3 Å². The summed E-state index contributed by atoms with van der Waals surface area (Å²) in [4.78, 5) is 12.6. The molecule has 1 aliphatic rings. The molecule has 0 aromatic heterocycles. The third kappa shape index (κ3) is 4.60. The van der Waals surface area contributed by atoms with E-state index in [0.717, 1.165) is 37.2 Å². The minimum atomic E-state index is -0.404. The standard InChI is InChI=1S/C16H24N2O3.ClH/c1-20-12-16(6-8-17-9-7-16)15(19)18-11-13-4-3-5-14(10-13)21-2;/h3-5,10,17H,6-9,11-12H2,1-2H3,(H,18,19);1H. The molecule has 22 heavy (non-hydrogen) atoms. The van der Waals surface area contributed by atoms with Gasteiger partial charge in [-0.25, -0.2) is 0 Å². The van der Waals surface area contributed by atoms with Gasteiger partial charge in [0, 0.05) is 13.7 Å². The van der Waals surface area contributed by atoms with Gasteiger partial charge in [0.25, 0.3) is 0 Å². The van der Waals surface area contributed by atoms with E-state index in [9.17, 15) is 4.79 Å². The number of benzene rings is 1. The van der Waals surface area contributed by atoms with Crippen LogP contribution in [0.15, 0.2) is 24.3 Å². The first kappa shape index (κ1) is 18.7. The van der Waals surface area contributed by atoms with E-state index in [1.54, 1.807) is 14.2 Å². The van der Waals surface area contributed by atoms with Crippen molar-refractivity contribution >= 4 is 18.3 Å². The number of amides is 1. The Hall–Kier alpha value is -1.30. The van der Waals surface area contributed by atoms with Gasteiger partial charge < -0.3 is 20.1 Å². The molecule has 0 atom stereocenters. The van der Waals surface area contributed by atoms with Crippen molar-refractivity contribution in [3.63, 3.8) is 0 Å². The lowest BCUT2D eigenvalue weighted by molar-refractivity contribution is -0.136. The molecule has 1 amide bonds. The zero-order valence-corrected chi connectivity index (χ0v) is 14.0. The normalized spacial score (nSPS) is 16.5. The maximum atomic E-state index is 12.6. The minimum Gasteiger partial charge on any atom is -0.497 e. The first-order valence-electron chi connectivity index (χ1n) is 7.31. The fraction of sp³-hybridized carbons (Fsp3) is 0.562. The monoisotopic (exact) mass is 328 g/mol. The number of hydrogen-bond donors (Lipinski definition) is 2. The maximum Gasteiger partial charge on any atom is 0.228 e. The molecule has 2 N–H and O–H groups in total. The van der Waals surface area contributed by atoms with Crippen molar-refractivity contribution in [1.29, 1.82) is 0 Å². The van der Waals surface area contributed by atoms with Crippen LogP contribution in [0.1, 0.15) is 18.4 Å². The predicted molar refractivity (Wildman–Crippen MR) is 88.5 cm³/mol. The highest BCUT2D eigenvalue weighted by Gasteiger charge is 2.39. The van der Waals surface area contributed by atoms with Gasteiger partial charge in [0.05, 0.1) is 19.1 Å². The number of hydrogen-bond acceptors (Lipinski definition) is 4. The smallest absolute Gasteiger partial charge is 0.228 e. The van der Waals surface area contributed by atoms with Crippen molar-refractivity contribution in [1.82, 2.24) is 10.6 Å². The SMILES string of the molecule is COCC1(C(=O)NCc2cccc(OC)c2)CCNCC1.Cl. The number of methoxy groups -OCH3 is 2. The van der Waals surface area contributed by atoms with E-state index in [0.29, 0.717) is 13.2 Å². The number of carbonyl (C=O) groups excluding carboxylic acids is 1. The molecule has 1 heterocycles. The summed E-state index contributed by atoms with van der Waals surface area (Å²) in [5.74, 6) is 0.879. The van der Waals surface area contributed by atoms with Crippen molar-refractivity contribution in [3.05, 3.63) is 29.8 Å². The highest BCUT2D eigenvalue weighted by atomic mass is 35.5. The van der Waals surface area contributed by atoms with Crippen LogP contribution in [0.3, 0.4) is 0 Å². The molecule has 0 saturated carbocycles. The van der Waals surface area contributed by atoms with E-state index in [4.69, 9.17) is 9.47 Å². The molecule has 5 nitrogen and oxygen atoms in total. The molecule has 1 fully saturated rings. The molecule has 1 aliphatic heterocycles. The second-order valence-electron chi connectivity index (χ2n) is 5.50. The van der Waals surface area contributed by atoms with Crippen LogP contribution in [-0.4, -0.2) is 39.8 Å². The van der Waals surface area contributed by atoms with Crippen LogP contribution in [-0.2, 0) is 16.1 Å². The molecule has 1 saturated heterocycles. The van der Waals surface area contributed by atoms with E-state index in [2.05, 4.69) is 10.6 Å². The van der Waals surface area contributed by atoms with E-state index in [-0.39, 0.29) is 18.3 Å². The quantitative estimate of drug-likeness (QED) is 0.835. The van der Waals surface area contributed by atoms with Crippen molar-refractivity contribution in [2.75, 3.05) is 33.9 Å². The molecule has 6 heteroatoms. The lowest BCUT2D eigenvalue weighted by atomic mass is 9.78. The van der Waals surface area contributed by atoms with Crippen LogP contribution >= 0.6 is 12.4 Å². The lowest BCUT2D eigenvalue weighted by Crippen LogP contribution is -2.49. The molecule has 0 aliphatic carbocycles. The lowest BCUT2D eigenvalue weighted by Gasteiger charge is -2.35. The third-order valence-electron chi connectivity index (χ3n) is 4.05. The summed E-state index contributed by atoms with van der Waals surface area (Å²) < 4.78 is 10.5. The molecular formula is C16H25ClN2O3. The van der Waals surface area contributed by atoms with Crippen LogP contribution in [0.2, 0.25) is 0 Å². The Bertz CT molecular complexity index is 471. The molecule has 1 aromatic rings. The van der Waals surface area contributed by atoms with Gasteiger partial charge >= 0.3 is 0 Å². The Morgan fingerprint density at radius 1 is 1.32 bits per heavy atom. The summed E-state index contributed by atoms with van der Waals surface area (Å²) in [6.45, 7) is 2.69. The molecule has 0 radical (unpaired) electrons. The summed E-state index contributed by atoms with van der Waals surface area (Å²) in [6.07, 6.45) is 1.62. The Kier molecular flexibility index (Phi) is 7.65. The van der Waals surface area contributed by atoms with Crippen LogP contribution in [0.4, 0.5) is 0 Å². The number of ether oxygens (including phenoxy) is 2. The molecule has 0 bridgehead atoms. The molecule has 1 aromatic carbocycles. The van der Waals surface area contributed by atoms with Crippen LogP contribution in [0, 0.1) is 5.41 Å². The van der Waals surface area contributed by atoms with Crippen molar-refractivity contribution in [2.45, 2.75) is 19.4 Å². The summed E-state index contributed by atoms with van der Waals surface area (Å²) >= 11 is 0. The van der Waals surface area contributed by atoms with E-state index >= 15 is 0 Å². The minimum absolute atomic E-state index is 0.